The van der Waals surface area contributed by atoms with Crippen LogP contribution in [0.25, 0.3) is 0 Å². The number of nitrogens with one attached hydrogen (secondary N) is 1. The first-order chi connectivity index (χ1) is 12.3. The summed E-state index contributed by atoms with van der Waals surface area (Å²) in [5.74, 6) is 0.767. The van der Waals surface area contributed by atoms with E-state index in [1.165, 1.54) is 34.0 Å². The molecule has 1 aliphatic heterocycles. The molecule has 2 aliphatic rings. The van der Waals surface area contributed by atoms with Crippen molar-refractivity contribution in [3.8, 4) is 0 Å². The van der Waals surface area contributed by atoms with Gasteiger partial charge in [-0.15, -0.1) is 11.3 Å². The van der Waals surface area contributed by atoms with Gasteiger partial charge in [-0.05, 0) is 12.8 Å². The summed E-state index contributed by atoms with van der Waals surface area (Å²) in [5.41, 5.74) is 1.06. The lowest BCUT2D eigenvalue weighted by Crippen LogP contribution is -2.42. The zero-order valence-corrected chi connectivity index (χ0v) is 16.1. The molecule has 140 valence electrons. The van der Waals surface area contributed by atoms with Crippen LogP contribution < -0.4 is 5.32 Å². The van der Waals surface area contributed by atoms with Crippen molar-refractivity contribution < 1.29 is 17.7 Å². The minimum absolute atomic E-state index is 0.233. The molecular formula is C15H19N5O4S2. The Morgan fingerprint density at radius 3 is 2.88 bits per heavy atom. The van der Waals surface area contributed by atoms with Crippen LogP contribution >= 0.6 is 11.3 Å². The highest BCUT2D eigenvalue weighted by Gasteiger charge is 2.31. The first-order valence-corrected chi connectivity index (χ1v) is 10.5. The molecule has 0 spiro atoms. The fourth-order valence-electron chi connectivity index (χ4n) is 2.77. The van der Waals surface area contributed by atoms with Gasteiger partial charge in [0.25, 0.3) is 16.1 Å². The second-order valence-corrected chi connectivity index (χ2v) is 9.83. The van der Waals surface area contributed by atoms with Crippen LogP contribution in [0.5, 0.6) is 0 Å². The molecule has 1 fully saturated rings. The second kappa shape index (κ2) is 6.41. The Balaban J connectivity index is 1.46. The predicted octanol–water partition coefficient (Wildman–Crippen LogP) is 1.43. The summed E-state index contributed by atoms with van der Waals surface area (Å²) in [7, 11) is -0.441. The summed E-state index contributed by atoms with van der Waals surface area (Å²) in [4.78, 5) is 17.6. The van der Waals surface area contributed by atoms with E-state index >= 15 is 0 Å². The molecule has 26 heavy (non-hydrogen) atoms. The lowest BCUT2D eigenvalue weighted by atomic mass is 10.2. The molecule has 1 N–H and O–H groups in total. The van der Waals surface area contributed by atoms with Gasteiger partial charge in [0, 0.05) is 43.9 Å². The molecule has 1 amide bonds. The van der Waals surface area contributed by atoms with Crippen molar-refractivity contribution in [2.24, 2.45) is 0 Å². The first-order valence-electron chi connectivity index (χ1n) is 8.28. The normalized spacial score (nSPS) is 18.1. The van der Waals surface area contributed by atoms with Crippen molar-refractivity contribution >= 4 is 32.6 Å². The van der Waals surface area contributed by atoms with Gasteiger partial charge in [0.2, 0.25) is 0 Å². The number of carbonyl (C=O) groups is 1. The summed E-state index contributed by atoms with van der Waals surface area (Å²) < 4.78 is 32.4. The number of hydrogen-bond donors (Lipinski definition) is 1. The molecule has 0 unspecified atom stereocenters. The van der Waals surface area contributed by atoms with Gasteiger partial charge in [-0.1, -0.05) is 5.16 Å². The Morgan fingerprint density at radius 1 is 1.42 bits per heavy atom. The van der Waals surface area contributed by atoms with E-state index in [0.29, 0.717) is 24.0 Å². The third-order valence-corrected chi connectivity index (χ3v) is 7.33. The van der Waals surface area contributed by atoms with Crippen molar-refractivity contribution in [1.29, 1.82) is 0 Å². The van der Waals surface area contributed by atoms with E-state index in [2.05, 4.69) is 15.5 Å². The van der Waals surface area contributed by atoms with Crippen LogP contribution in [0.3, 0.4) is 0 Å². The summed E-state index contributed by atoms with van der Waals surface area (Å²) in [6.07, 6.45) is 2.66. The number of amides is 1. The number of carbonyl (C=O) groups excluding carboxylic acids is 1. The number of aromatic nitrogens is 2. The van der Waals surface area contributed by atoms with Gasteiger partial charge in [0.05, 0.1) is 12.2 Å². The van der Waals surface area contributed by atoms with Crippen molar-refractivity contribution in [1.82, 2.24) is 18.8 Å². The number of thiazole rings is 1. The van der Waals surface area contributed by atoms with Gasteiger partial charge in [-0.3, -0.25) is 10.1 Å². The zero-order chi connectivity index (χ0) is 18.5. The molecule has 0 aromatic carbocycles. The van der Waals surface area contributed by atoms with Crippen LogP contribution in [0.2, 0.25) is 0 Å². The van der Waals surface area contributed by atoms with E-state index in [9.17, 15) is 13.2 Å². The fourth-order valence-corrected chi connectivity index (χ4v) is 4.95. The van der Waals surface area contributed by atoms with Gasteiger partial charge in [-0.2, -0.15) is 17.0 Å². The standard InChI is InChI=1S/C15H19N5O4S2/c1-19(2)26(22,23)20-6-5-10-13(8-20)25-15(16-10)17-14(21)11-7-12(24-18-11)9-3-4-9/h7,9H,3-6,8H2,1-2H3,(H,16,17,21). The van der Waals surface area contributed by atoms with E-state index in [0.717, 1.165) is 29.2 Å². The van der Waals surface area contributed by atoms with Crippen LogP contribution in [0.4, 0.5) is 5.13 Å². The van der Waals surface area contributed by atoms with Crippen molar-refractivity contribution in [3.63, 3.8) is 0 Å². The van der Waals surface area contributed by atoms with E-state index in [1.807, 2.05) is 0 Å². The quantitative estimate of drug-likeness (QED) is 0.817. The molecule has 0 bridgehead atoms. The van der Waals surface area contributed by atoms with Crippen molar-refractivity contribution in [2.75, 3.05) is 26.0 Å². The number of hydrogen-bond acceptors (Lipinski definition) is 7. The summed E-state index contributed by atoms with van der Waals surface area (Å²) >= 11 is 1.29. The van der Waals surface area contributed by atoms with Gasteiger partial charge in [0.1, 0.15) is 5.76 Å². The Morgan fingerprint density at radius 2 is 2.19 bits per heavy atom. The zero-order valence-electron chi connectivity index (χ0n) is 14.4. The van der Waals surface area contributed by atoms with E-state index in [1.54, 1.807) is 6.07 Å². The van der Waals surface area contributed by atoms with Gasteiger partial charge in [0.15, 0.2) is 10.8 Å². The SMILES string of the molecule is CN(C)S(=O)(=O)N1CCc2nc(NC(=O)c3cc(C4CC4)on3)sc2C1. The lowest BCUT2D eigenvalue weighted by molar-refractivity contribution is 0.101. The lowest BCUT2D eigenvalue weighted by Gasteiger charge is -2.27. The molecule has 11 heteroatoms. The van der Waals surface area contributed by atoms with Gasteiger partial charge >= 0.3 is 0 Å². The molecular weight excluding hydrogens is 378 g/mol. The number of anilines is 1. The topological polar surface area (TPSA) is 109 Å². The van der Waals surface area contributed by atoms with Crippen molar-refractivity contribution in [2.45, 2.75) is 31.7 Å². The highest BCUT2D eigenvalue weighted by Crippen LogP contribution is 2.40. The Bertz CT molecular complexity index is 945. The maximum atomic E-state index is 12.3. The van der Waals surface area contributed by atoms with Crippen molar-refractivity contribution in [3.05, 3.63) is 28.1 Å². The molecule has 0 saturated heterocycles. The number of rotatable bonds is 5. The summed E-state index contributed by atoms with van der Waals surface area (Å²) in [6.45, 7) is 0.637. The van der Waals surface area contributed by atoms with Gasteiger partial charge in [-0.25, -0.2) is 4.98 Å². The second-order valence-electron chi connectivity index (χ2n) is 6.61. The third kappa shape index (κ3) is 3.27. The Kier molecular flexibility index (Phi) is 4.34. The average Bonchev–Trinajstić information content (AvgIpc) is 3.18. The molecule has 0 atom stereocenters. The summed E-state index contributed by atoms with van der Waals surface area (Å²) in [5, 5.41) is 6.99. The van der Waals surface area contributed by atoms with E-state index < -0.39 is 10.2 Å². The van der Waals surface area contributed by atoms with Crippen LogP contribution in [0.15, 0.2) is 10.6 Å². The van der Waals surface area contributed by atoms with E-state index in [-0.39, 0.29) is 18.1 Å². The minimum atomic E-state index is -3.46. The monoisotopic (exact) mass is 397 g/mol. The van der Waals surface area contributed by atoms with Gasteiger partial charge < -0.3 is 4.52 Å². The predicted molar refractivity (Wildman–Crippen MR) is 95.3 cm³/mol. The molecule has 1 aliphatic carbocycles. The Labute approximate surface area is 155 Å². The smallest absolute Gasteiger partial charge is 0.281 e. The summed E-state index contributed by atoms with van der Waals surface area (Å²) in [6, 6.07) is 1.67. The van der Waals surface area contributed by atoms with Crippen LogP contribution in [-0.4, -0.2) is 53.7 Å². The molecule has 2 aromatic rings. The maximum Gasteiger partial charge on any atom is 0.281 e. The highest BCUT2D eigenvalue weighted by molar-refractivity contribution is 7.86. The molecule has 0 radical (unpaired) electrons. The molecule has 3 heterocycles. The molecule has 4 rings (SSSR count). The average molecular weight is 397 g/mol. The maximum absolute atomic E-state index is 12.3. The van der Waals surface area contributed by atoms with Crippen LogP contribution in [0.1, 0.15) is 45.6 Å². The number of nitrogens with zero attached hydrogens (tertiary/aromatic N) is 4. The first kappa shape index (κ1) is 17.6. The number of fused-ring (bicyclic) bond motifs is 1. The third-order valence-electron chi connectivity index (χ3n) is 4.45. The molecule has 1 saturated carbocycles. The Hall–Kier alpha value is -1.82. The highest BCUT2D eigenvalue weighted by atomic mass is 32.2. The van der Waals surface area contributed by atoms with Crippen LogP contribution in [-0.2, 0) is 23.2 Å². The van der Waals surface area contributed by atoms with Crippen LogP contribution in [0, 0.1) is 0 Å². The fraction of sp³-hybridized carbons (Fsp3) is 0.533. The molecule has 2 aromatic heterocycles. The van der Waals surface area contributed by atoms with E-state index in [4.69, 9.17) is 4.52 Å². The molecule has 9 nitrogen and oxygen atoms in total. The minimum Gasteiger partial charge on any atom is -0.360 e. The largest absolute Gasteiger partial charge is 0.360 e.